The maximum Gasteiger partial charge on any atom is 0.235 e. The van der Waals surface area contributed by atoms with E-state index in [0.717, 1.165) is 51.4 Å². The molecule has 2 aliphatic rings. The SMILES string of the molecule is NC(=S)C1(C(=O)N(CCO)C2CCC2)CCCCCC1. The minimum atomic E-state index is -0.656. The molecule has 0 unspecified atom stereocenters. The molecule has 0 aromatic heterocycles. The van der Waals surface area contributed by atoms with Gasteiger partial charge in [0.25, 0.3) is 0 Å². The highest BCUT2D eigenvalue weighted by atomic mass is 32.1. The quantitative estimate of drug-likeness (QED) is 0.602. The molecule has 4 nitrogen and oxygen atoms in total. The Bertz CT molecular complexity index is 361. The van der Waals surface area contributed by atoms with E-state index in [-0.39, 0.29) is 18.6 Å². The van der Waals surface area contributed by atoms with Gasteiger partial charge in [0.15, 0.2) is 0 Å². The maximum absolute atomic E-state index is 13.1. The third-order valence-electron chi connectivity index (χ3n) is 4.96. The first-order valence-electron chi connectivity index (χ1n) is 7.83. The van der Waals surface area contributed by atoms with Gasteiger partial charge in [-0.2, -0.15) is 0 Å². The van der Waals surface area contributed by atoms with Crippen molar-refractivity contribution in [3.05, 3.63) is 0 Å². The monoisotopic (exact) mass is 298 g/mol. The van der Waals surface area contributed by atoms with Gasteiger partial charge in [-0.25, -0.2) is 0 Å². The van der Waals surface area contributed by atoms with Crippen LogP contribution in [0, 0.1) is 5.41 Å². The molecule has 2 aliphatic carbocycles. The topological polar surface area (TPSA) is 66.6 Å². The summed E-state index contributed by atoms with van der Waals surface area (Å²) in [6.07, 6.45) is 9.13. The first kappa shape index (κ1) is 15.7. The van der Waals surface area contributed by atoms with Crippen LogP contribution in [0.3, 0.4) is 0 Å². The number of carbonyl (C=O) groups excluding carboxylic acids is 1. The molecule has 1 amide bonds. The van der Waals surface area contributed by atoms with Crippen LogP contribution in [0.15, 0.2) is 0 Å². The van der Waals surface area contributed by atoms with E-state index in [1.807, 2.05) is 4.90 Å². The van der Waals surface area contributed by atoms with Gasteiger partial charge >= 0.3 is 0 Å². The lowest BCUT2D eigenvalue weighted by Gasteiger charge is -2.43. The summed E-state index contributed by atoms with van der Waals surface area (Å²) in [5.74, 6) is 0.0747. The van der Waals surface area contributed by atoms with Crippen LogP contribution < -0.4 is 5.73 Å². The van der Waals surface area contributed by atoms with Crippen molar-refractivity contribution >= 4 is 23.1 Å². The Morgan fingerprint density at radius 3 is 2.20 bits per heavy atom. The smallest absolute Gasteiger partial charge is 0.235 e. The molecule has 0 saturated heterocycles. The van der Waals surface area contributed by atoms with Crippen molar-refractivity contribution in [1.29, 1.82) is 0 Å². The van der Waals surface area contributed by atoms with Crippen molar-refractivity contribution in [2.45, 2.75) is 63.8 Å². The Kier molecular flexibility index (Phi) is 5.38. The van der Waals surface area contributed by atoms with E-state index in [1.54, 1.807) is 0 Å². The van der Waals surface area contributed by atoms with Crippen LogP contribution in [-0.2, 0) is 4.79 Å². The minimum Gasteiger partial charge on any atom is -0.395 e. The lowest BCUT2D eigenvalue weighted by atomic mass is 9.77. The second kappa shape index (κ2) is 6.85. The summed E-state index contributed by atoms with van der Waals surface area (Å²) in [6.45, 7) is 0.420. The fourth-order valence-electron chi connectivity index (χ4n) is 3.43. The molecule has 0 bridgehead atoms. The molecule has 0 spiro atoms. The third-order valence-corrected chi connectivity index (χ3v) is 5.35. The number of nitrogens with two attached hydrogens (primary N) is 1. The molecule has 0 atom stereocenters. The predicted octanol–water partition coefficient (Wildman–Crippen LogP) is 1.99. The second-order valence-corrected chi connectivity index (χ2v) is 6.61. The van der Waals surface area contributed by atoms with Gasteiger partial charge in [0.2, 0.25) is 5.91 Å². The summed E-state index contributed by atoms with van der Waals surface area (Å²) in [5.41, 5.74) is 5.33. The van der Waals surface area contributed by atoms with E-state index in [4.69, 9.17) is 18.0 Å². The first-order chi connectivity index (χ1) is 9.62. The standard InChI is InChI=1S/C15H26N2O2S/c16-13(20)15(8-3-1-2-4-9-15)14(19)17(10-11-18)12-6-5-7-12/h12,18H,1-11H2,(H2,16,20). The van der Waals surface area contributed by atoms with Crippen molar-refractivity contribution in [2.24, 2.45) is 11.1 Å². The van der Waals surface area contributed by atoms with E-state index in [9.17, 15) is 9.90 Å². The lowest BCUT2D eigenvalue weighted by Crippen LogP contribution is -2.55. The highest BCUT2D eigenvalue weighted by Gasteiger charge is 2.45. The molecule has 0 aliphatic heterocycles. The average molecular weight is 298 g/mol. The van der Waals surface area contributed by atoms with Gasteiger partial charge in [0, 0.05) is 12.6 Å². The predicted molar refractivity (Wildman–Crippen MR) is 83.4 cm³/mol. The number of rotatable bonds is 5. The van der Waals surface area contributed by atoms with Crippen LogP contribution in [0.2, 0.25) is 0 Å². The molecule has 2 fully saturated rings. The zero-order valence-electron chi connectivity index (χ0n) is 12.1. The molecule has 5 heteroatoms. The fraction of sp³-hybridized carbons (Fsp3) is 0.867. The van der Waals surface area contributed by atoms with Gasteiger partial charge in [-0.15, -0.1) is 0 Å². The van der Waals surface area contributed by atoms with E-state index in [2.05, 4.69) is 0 Å². The van der Waals surface area contributed by atoms with Crippen LogP contribution in [0.25, 0.3) is 0 Å². The van der Waals surface area contributed by atoms with Crippen LogP contribution in [0.5, 0.6) is 0 Å². The Balaban J connectivity index is 2.21. The van der Waals surface area contributed by atoms with Crippen LogP contribution >= 0.6 is 12.2 Å². The molecule has 3 N–H and O–H groups in total. The summed E-state index contributed by atoms with van der Waals surface area (Å²) in [6, 6.07) is 0.282. The molecule has 20 heavy (non-hydrogen) atoms. The zero-order chi connectivity index (χ0) is 14.6. The molecule has 0 aromatic carbocycles. The molecule has 0 radical (unpaired) electrons. The van der Waals surface area contributed by atoms with Gasteiger partial charge in [-0.3, -0.25) is 4.79 Å². The Hall–Kier alpha value is -0.680. The molecule has 2 saturated carbocycles. The highest BCUT2D eigenvalue weighted by Crippen LogP contribution is 2.39. The molecule has 114 valence electrons. The van der Waals surface area contributed by atoms with E-state index < -0.39 is 5.41 Å². The number of aliphatic hydroxyl groups excluding tert-OH is 1. The van der Waals surface area contributed by atoms with Crippen LogP contribution in [0.4, 0.5) is 0 Å². The number of thiocarbonyl (C=S) groups is 1. The Morgan fingerprint density at radius 1 is 1.20 bits per heavy atom. The van der Waals surface area contributed by atoms with Gasteiger partial charge in [-0.05, 0) is 32.1 Å². The minimum absolute atomic E-state index is 0.00958. The average Bonchev–Trinajstić information content (AvgIpc) is 2.61. The number of hydrogen-bond donors (Lipinski definition) is 2. The summed E-state index contributed by atoms with van der Waals surface area (Å²) < 4.78 is 0. The Labute approximate surface area is 126 Å². The van der Waals surface area contributed by atoms with E-state index >= 15 is 0 Å². The number of amides is 1. The van der Waals surface area contributed by atoms with Crippen LogP contribution in [0.1, 0.15) is 57.8 Å². The summed E-state index contributed by atoms with van der Waals surface area (Å²) >= 11 is 5.28. The lowest BCUT2D eigenvalue weighted by molar-refractivity contribution is -0.143. The van der Waals surface area contributed by atoms with Crippen molar-refractivity contribution in [1.82, 2.24) is 4.90 Å². The van der Waals surface area contributed by atoms with Gasteiger partial charge < -0.3 is 15.7 Å². The molecule has 0 aromatic rings. The summed E-state index contributed by atoms with van der Waals surface area (Å²) in [5, 5.41) is 9.27. The molecule has 2 rings (SSSR count). The van der Waals surface area contributed by atoms with E-state index in [1.165, 1.54) is 6.42 Å². The molecular weight excluding hydrogens is 272 g/mol. The Morgan fingerprint density at radius 2 is 1.80 bits per heavy atom. The fourth-order valence-corrected chi connectivity index (χ4v) is 3.72. The zero-order valence-corrected chi connectivity index (χ0v) is 13.0. The second-order valence-electron chi connectivity index (χ2n) is 6.17. The summed E-state index contributed by atoms with van der Waals surface area (Å²) in [4.78, 5) is 15.3. The number of carbonyl (C=O) groups is 1. The van der Waals surface area contributed by atoms with Crippen molar-refractivity contribution in [3.63, 3.8) is 0 Å². The van der Waals surface area contributed by atoms with Crippen molar-refractivity contribution < 1.29 is 9.90 Å². The molecule has 0 heterocycles. The largest absolute Gasteiger partial charge is 0.395 e. The first-order valence-corrected chi connectivity index (χ1v) is 8.24. The number of aliphatic hydroxyl groups is 1. The highest BCUT2D eigenvalue weighted by molar-refractivity contribution is 7.80. The van der Waals surface area contributed by atoms with Gasteiger partial charge in [0.05, 0.1) is 17.0 Å². The van der Waals surface area contributed by atoms with Gasteiger partial charge in [-0.1, -0.05) is 37.9 Å². The third kappa shape index (κ3) is 2.98. The van der Waals surface area contributed by atoms with Crippen LogP contribution in [-0.4, -0.2) is 40.1 Å². The summed E-state index contributed by atoms with van der Waals surface area (Å²) in [7, 11) is 0. The maximum atomic E-state index is 13.1. The molecular formula is C15H26N2O2S. The number of nitrogens with zero attached hydrogens (tertiary/aromatic N) is 1. The number of hydrogen-bond acceptors (Lipinski definition) is 3. The van der Waals surface area contributed by atoms with Crippen molar-refractivity contribution in [3.8, 4) is 0 Å². The normalized spacial score (nSPS) is 22.6. The van der Waals surface area contributed by atoms with E-state index in [0.29, 0.717) is 11.5 Å². The van der Waals surface area contributed by atoms with Gasteiger partial charge in [0.1, 0.15) is 0 Å². The van der Waals surface area contributed by atoms with Crippen molar-refractivity contribution in [2.75, 3.05) is 13.2 Å².